The lowest BCUT2D eigenvalue weighted by atomic mass is 9.97. The van der Waals surface area contributed by atoms with E-state index >= 15 is 0 Å². The number of halogens is 2. The third-order valence-corrected chi connectivity index (χ3v) is 4.58. The van der Waals surface area contributed by atoms with Crippen LogP contribution in [0.25, 0.3) is 0 Å². The van der Waals surface area contributed by atoms with Gasteiger partial charge >= 0.3 is 0 Å². The average Bonchev–Trinajstić information content (AvgIpc) is 2.77. The topological polar surface area (TPSA) is 71.5 Å². The number of carbonyl (C=O) groups is 1. The van der Waals surface area contributed by atoms with E-state index in [-0.39, 0.29) is 23.6 Å². The smallest absolute Gasteiger partial charge is 0.270 e. The maximum atomic E-state index is 13.9. The van der Waals surface area contributed by atoms with Gasteiger partial charge in [0.1, 0.15) is 29.7 Å². The summed E-state index contributed by atoms with van der Waals surface area (Å²) in [4.78, 5) is 17.3. The highest BCUT2D eigenvalue weighted by Crippen LogP contribution is 2.30. The number of hydrogen-bond donors (Lipinski definition) is 2. The second kappa shape index (κ2) is 10.5. The second-order valence-electron chi connectivity index (χ2n) is 6.98. The zero-order chi connectivity index (χ0) is 23.1. The summed E-state index contributed by atoms with van der Waals surface area (Å²) < 4.78 is 32.5. The van der Waals surface area contributed by atoms with Crippen LogP contribution in [0, 0.1) is 30.4 Å². The summed E-state index contributed by atoms with van der Waals surface area (Å²) >= 11 is 0. The molecule has 1 atom stereocenters. The number of aryl methyl sites for hydroxylation is 1. The lowest BCUT2D eigenvalue weighted by Gasteiger charge is -2.21. The number of pyridine rings is 1. The van der Waals surface area contributed by atoms with Gasteiger partial charge in [0.2, 0.25) is 0 Å². The first-order valence-electron chi connectivity index (χ1n) is 9.97. The van der Waals surface area contributed by atoms with Gasteiger partial charge in [0.05, 0.1) is 6.04 Å². The monoisotopic (exact) mass is 436 g/mol. The molecule has 3 aromatic rings. The standard InChI is InChI=1S/C25H22F2N2O3/c1-3-32-12-4-5-17-13-16(2)28-22(14-17)25(31)29-24(18-6-8-19(26)9-7-18)21-15-20(27)10-11-23(21)30/h6-11,13-15,24,30H,3,12H2,1-2H3,(H,29,31). The molecule has 1 heterocycles. The van der Waals surface area contributed by atoms with Gasteiger partial charge < -0.3 is 15.2 Å². The Morgan fingerprint density at radius 3 is 2.56 bits per heavy atom. The van der Waals surface area contributed by atoms with E-state index in [1.54, 1.807) is 13.0 Å². The molecule has 164 valence electrons. The minimum absolute atomic E-state index is 0.105. The molecule has 1 aromatic heterocycles. The summed E-state index contributed by atoms with van der Waals surface area (Å²) in [6.45, 7) is 4.43. The van der Waals surface area contributed by atoms with Gasteiger partial charge in [-0.25, -0.2) is 13.8 Å². The van der Waals surface area contributed by atoms with Crippen molar-refractivity contribution in [2.75, 3.05) is 13.2 Å². The molecule has 0 aliphatic rings. The van der Waals surface area contributed by atoms with Crippen molar-refractivity contribution in [3.8, 4) is 17.6 Å². The number of aromatic nitrogens is 1. The Labute approximate surface area is 185 Å². The number of rotatable bonds is 6. The van der Waals surface area contributed by atoms with Crippen molar-refractivity contribution in [1.82, 2.24) is 10.3 Å². The maximum absolute atomic E-state index is 13.9. The number of amides is 1. The number of carbonyl (C=O) groups excluding carboxylic acids is 1. The molecule has 2 aromatic carbocycles. The quantitative estimate of drug-likeness (QED) is 0.447. The van der Waals surface area contributed by atoms with Gasteiger partial charge in [-0.15, -0.1) is 0 Å². The molecule has 0 spiro atoms. The molecular weight excluding hydrogens is 414 g/mol. The number of hydrogen-bond acceptors (Lipinski definition) is 4. The molecule has 3 rings (SSSR count). The molecule has 0 radical (unpaired) electrons. The van der Waals surface area contributed by atoms with E-state index in [1.165, 1.54) is 36.4 Å². The van der Waals surface area contributed by atoms with Gasteiger partial charge in [0.25, 0.3) is 5.91 Å². The summed E-state index contributed by atoms with van der Waals surface area (Å²) in [5.41, 5.74) is 1.88. The Hall–Kier alpha value is -3.76. The Balaban J connectivity index is 1.95. The van der Waals surface area contributed by atoms with Crippen molar-refractivity contribution in [2.24, 2.45) is 0 Å². The number of phenolic OH excluding ortho intramolecular Hbond substituents is 1. The van der Waals surface area contributed by atoms with Crippen LogP contribution in [-0.2, 0) is 4.74 Å². The van der Waals surface area contributed by atoms with Crippen LogP contribution in [0.1, 0.15) is 45.8 Å². The Bertz CT molecular complexity index is 1170. The van der Waals surface area contributed by atoms with Crippen LogP contribution in [0.4, 0.5) is 8.78 Å². The van der Waals surface area contributed by atoms with Crippen LogP contribution in [0.3, 0.4) is 0 Å². The molecule has 0 saturated carbocycles. The predicted molar refractivity (Wildman–Crippen MR) is 116 cm³/mol. The molecule has 32 heavy (non-hydrogen) atoms. The van der Waals surface area contributed by atoms with Crippen molar-refractivity contribution >= 4 is 5.91 Å². The van der Waals surface area contributed by atoms with Gasteiger partial charge in [-0.3, -0.25) is 4.79 Å². The fraction of sp³-hybridized carbons (Fsp3) is 0.200. The van der Waals surface area contributed by atoms with Gasteiger partial charge in [-0.2, -0.15) is 0 Å². The second-order valence-corrected chi connectivity index (χ2v) is 6.98. The van der Waals surface area contributed by atoms with E-state index in [0.717, 1.165) is 12.1 Å². The molecule has 0 aliphatic heterocycles. The van der Waals surface area contributed by atoms with Crippen LogP contribution < -0.4 is 5.32 Å². The minimum Gasteiger partial charge on any atom is -0.508 e. The van der Waals surface area contributed by atoms with Gasteiger partial charge in [-0.05, 0) is 61.9 Å². The van der Waals surface area contributed by atoms with Crippen LogP contribution >= 0.6 is 0 Å². The zero-order valence-corrected chi connectivity index (χ0v) is 17.7. The van der Waals surface area contributed by atoms with E-state index in [2.05, 4.69) is 22.1 Å². The molecule has 0 aliphatic carbocycles. The van der Waals surface area contributed by atoms with Crippen LogP contribution in [0.5, 0.6) is 5.75 Å². The number of ether oxygens (including phenoxy) is 1. The normalized spacial score (nSPS) is 11.4. The van der Waals surface area contributed by atoms with E-state index < -0.39 is 23.6 Å². The van der Waals surface area contributed by atoms with Crippen molar-refractivity contribution in [2.45, 2.75) is 19.9 Å². The number of nitrogens with zero attached hydrogens (tertiary/aromatic N) is 1. The molecule has 2 N–H and O–H groups in total. The van der Waals surface area contributed by atoms with Crippen molar-refractivity contribution in [3.63, 3.8) is 0 Å². The molecule has 7 heteroatoms. The van der Waals surface area contributed by atoms with Crippen LogP contribution in [0.2, 0.25) is 0 Å². The van der Waals surface area contributed by atoms with E-state index in [9.17, 15) is 18.7 Å². The zero-order valence-electron chi connectivity index (χ0n) is 17.7. The molecule has 0 saturated heterocycles. The molecular formula is C25H22F2N2O3. The number of nitrogens with one attached hydrogen (secondary N) is 1. The summed E-state index contributed by atoms with van der Waals surface area (Å²) in [6.07, 6.45) is 0. The maximum Gasteiger partial charge on any atom is 0.270 e. The lowest BCUT2D eigenvalue weighted by molar-refractivity contribution is 0.0937. The van der Waals surface area contributed by atoms with Crippen molar-refractivity contribution in [3.05, 3.63) is 94.3 Å². The summed E-state index contributed by atoms with van der Waals surface area (Å²) in [5.74, 6) is 3.99. The highest BCUT2D eigenvalue weighted by Gasteiger charge is 2.22. The number of benzene rings is 2. The van der Waals surface area contributed by atoms with Gasteiger partial charge in [0, 0.05) is 23.4 Å². The van der Waals surface area contributed by atoms with Crippen LogP contribution in [-0.4, -0.2) is 29.2 Å². The van der Waals surface area contributed by atoms with Crippen LogP contribution in [0.15, 0.2) is 54.6 Å². The predicted octanol–water partition coefficient (Wildman–Crippen LogP) is 4.28. The molecule has 0 bridgehead atoms. The summed E-state index contributed by atoms with van der Waals surface area (Å²) in [7, 11) is 0. The SMILES string of the molecule is CCOCC#Cc1cc(C)nc(C(=O)NC(c2ccc(F)cc2)c2cc(F)ccc2O)c1. The fourth-order valence-electron chi connectivity index (χ4n) is 3.11. The third kappa shape index (κ3) is 5.90. The number of phenols is 1. The van der Waals surface area contributed by atoms with Gasteiger partial charge in [-0.1, -0.05) is 24.0 Å². The van der Waals surface area contributed by atoms with E-state index in [4.69, 9.17) is 4.74 Å². The van der Waals surface area contributed by atoms with Crippen molar-refractivity contribution < 1.29 is 23.4 Å². The first-order chi connectivity index (χ1) is 15.4. The Morgan fingerprint density at radius 1 is 1.12 bits per heavy atom. The lowest BCUT2D eigenvalue weighted by Crippen LogP contribution is -2.30. The molecule has 0 fully saturated rings. The average molecular weight is 436 g/mol. The highest BCUT2D eigenvalue weighted by atomic mass is 19.1. The Kier molecular flexibility index (Phi) is 7.53. The minimum atomic E-state index is -0.936. The molecule has 5 nitrogen and oxygen atoms in total. The van der Waals surface area contributed by atoms with E-state index in [1.807, 2.05) is 6.92 Å². The number of aromatic hydroxyl groups is 1. The summed E-state index contributed by atoms with van der Waals surface area (Å²) in [5, 5.41) is 13.1. The molecule has 1 amide bonds. The summed E-state index contributed by atoms with van der Waals surface area (Å²) in [6, 6.07) is 11.1. The first kappa shape index (κ1) is 22.9. The van der Waals surface area contributed by atoms with Gasteiger partial charge in [0.15, 0.2) is 0 Å². The fourth-order valence-corrected chi connectivity index (χ4v) is 3.11. The van der Waals surface area contributed by atoms with E-state index in [0.29, 0.717) is 23.4 Å². The molecule has 1 unspecified atom stereocenters. The first-order valence-corrected chi connectivity index (χ1v) is 9.97. The van der Waals surface area contributed by atoms with Crippen molar-refractivity contribution in [1.29, 1.82) is 0 Å². The highest BCUT2D eigenvalue weighted by molar-refractivity contribution is 5.93. The third-order valence-electron chi connectivity index (χ3n) is 4.58. The Morgan fingerprint density at radius 2 is 1.84 bits per heavy atom. The largest absolute Gasteiger partial charge is 0.508 e.